The molecule has 3 unspecified atom stereocenters. The van der Waals surface area contributed by atoms with Crippen LogP contribution in [-0.4, -0.2) is 54.5 Å². The van der Waals surface area contributed by atoms with E-state index in [4.69, 9.17) is 0 Å². The Balaban J connectivity index is 2.39. The Morgan fingerprint density at radius 1 is 1.62 bits per heavy atom. The summed E-state index contributed by atoms with van der Waals surface area (Å²) < 4.78 is 12.1. The van der Waals surface area contributed by atoms with E-state index in [-0.39, 0.29) is 0 Å². The van der Waals surface area contributed by atoms with Crippen molar-refractivity contribution in [1.82, 2.24) is 10.2 Å². The van der Waals surface area contributed by atoms with Gasteiger partial charge in [-0.1, -0.05) is 0 Å². The number of aliphatic hydroxyl groups is 1. The molecule has 3 nitrogen and oxygen atoms in total. The molecule has 1 rings (SSSR count). The van der Waals surface area contributed by atoms with E-state index in [0.29, 0.717) is 18.6 Å². The quantitative estimate of drug-likeness (QED) is 0.657. The first-order chi connectivity index (χ1) is 6.15. The van der Waals surface area contributed by atoms with Crippen LogP contribution in [0.1, 0.15) is 13.8 Å². The Hall–Kier alpha value is -0.190. The van der Waals surface area contributed by atoms with Gasteiger partial charge in [0.05, 0.1) is 6.10 Å². The molecular formula is C9H19FN2O. The highest BCUT2D eigenvalue weighted by atomic mass is 19.1. The standard InChI is InChI=1S/C9H19FN2O/c1-7-8(2)12(4-3-11-7)6-9(13)5-10/h7-9,11,13H,3-6H2,1-2H3. The van der Waals surface area contributed by atoms with E-state index in [1.807, 2.05) is 0 Å². The summed E-state index contributed by atoms with van der Waals surface area (Å²) in [6.45, 7) is 5.82. The summed E-state index contributed by atoms with van der Waals surface area (Å²) in [5.41, 5.74) is 0. The van der Waals surface area contributed by atoms with Crippen LogP contribution in [0.25, 0.3) is 0 Å². The molecule has 1 heterocycles. The zero-order valence-electron chi connectivity index (χ0n) is 8.33. The summed E-state index contributed by atoms with van der Waals surface area (Å²) in [6, 6.07) is 0.788. The normalized spacial score (nSPS) is 33.2. The number of hydrogen-bond acceptors (Lipinski definition) is 3. The lowest BCUT2D eigenvalue weighted by atomic mass is 10.1. The van der Waals surface area contributed by atoms with Crippen LogP contribution in [-0.2, 0) is 0 Å². The van der Waals surface area contributed by atoms with Crippen LogP contribution in [0.3, 0.4) is 0 Å². The number of β-amino-alcohol motifs (C(OH)–C–C–N with tert-alkyl or cyclic N) is 1. The molecule has 1 aliphatic rings. The third-order valence-electron chi connectivity index (χ3n) is 2.79. The van der Waals surface area contributed by atoms with Gasteiger partial charge in [-0.25, -0.2) is 4.39 Å². The summed E-state index contributed by atoms with van der Waals surface area (Å²) >= 11 is 0. The van der Waals surface area contributed by atoms with E-state index in [1.54, 1.807) is 0 Å². The maximum atomic E-state index is 12.1. The predicted octanol–water partition coefficient (Wildman–Crippen LogP) is -0.00100. The Bertz CT molecular complexity index is 157. The summed E-state index contributed by atoms with van der Waals surface area (Å²) in [5.74, 6) is 0. The van der Waals surface area contributed by atoms with E-state index < -0.39 is 12.8 Å². The van der Waals surface area contributed by atoms with Crippen LogP contribution in [0.5, 0.6) is 0 Å². The Kier molecular flexibility index (Phi) is 4.09. The lowest BCUT2D eigenvalue weighted by Crippen LogP contribution is -2.56. The molecule has 1 saturated heterocycles. The van der Waals surface area contributed by atoms with Crippen molar-refractivity contribution < 1.29 is 9.50 Å². The van der Waals surface area contributed by atoms with Crippen molar-refractivity contribution >= 4 is 0 Å². The minimum absolute atomic E-state index is 0.370. The van der Waals surface area contributed by atoms with Crippen LogP contribution in [0.2, 0.25) is 0 Å². The molecule has 0 aromatic rings. The topological polar surface area (TPSA) is 35.5 Å². The van der Waals surface area contributed by atoms with Gasteiger partial charge in [-0.15, -0.1) is 0 Å². The molecule has 0 spiro atoms. The number of halogens is 1. The molecule has 78 valence electrons. The number of alkyl halides is 1. The smallest absolute Gasteiger partial charge is 0.117 e. The first-order valence-electron chi connectivity index (χ1n) is 4.86. The first-order valence-corrected chi connectivity index (χ1v) is 4.86. The maximum Gasteiger partial charge on any atom is 0.117 e. The molecule has 0 aliphatic carbocycles. The predicted molar refractivity (Wildman–Crippen MR) is 50.5 cm³/mol. The fourth-order valence-electron chi connectivity index (χ4n) is 1.70. The Morgan fingerprint density at radius 2 is 2.31 bits per heavy atom. The molecule has 1 fully saturated rings. The zero-order chi connectivity index (χ0) is 9.84. The van der Waals surface area contributed by atoms with Crippen molar-refractivity contribution in [2.45, 2.75) is 32.0 Å². The zero-order valence-corrected chi connectivity index (χ0v) is 8.33. The second-order valence-electron chi connectivity index (χ2n) is 3.79. The molecule has 0 bridgehead atoms. The second-order valence-corrected chi connectivity index (χ2v) is 3.79. The van der Waals surface area contributed by atoms with Crippen molar-refractivity contribution in [3.63, 3.8) is 0 Å². The molecule has 13 heavy (non-hydrogen) atoms. The van der Waals surface area contributed by atoms with E-state index in [1.165, 1.54) is 0 Å². The van der Waals surface area contributed by atoms with Crippen molar-refractivity contribution in [2.24, 2.45) is 0 Å². The summed E-state index contributed by atoms with van der Waals surface area (Å²) in [4.78, 5) is 2.13. The van der Waals surface area contributed by atoms with Gasteiger partial charge in [-0.3, -0.25) is 4.90 Å². The van der Waals surface area contributed by atoms with Gasteiger partial charge in [0.15, 0.2) is 0 Å². The second kappa shape index (κ2) is 4.88. The van der Waals surface area contributed by atoms with Crippen LogP contribution < -0.4 is 5.32 Å². The van der Waals surface area contributed by atoms with E-state index in [0.717, 1.165) is 13.1 Å². The van der Waals surface area contributed by atoms with E-state index >= 15 is 0 Å². The fraction of sp³-hybridized carbons (Fsp3) is 1.00. The van der Waals surface area contributed by atoms with Gasteiger partial charge in [-0.2, -0.15) is 0 Å². The third-order valence-corrected chi connectivity index (χ3v) is 2.79. The van der Waals surface area contributed by atoms with Gasteiger partial charge < -0.3 is 10.4 Å². The molecule has 2 N–H and O–H groups in total. The van der Waals surface area contributed by atoms with Gasteiger partial charge in [0.2, 0.25) is 0 Å². The fourth-order valence-corrected chi connectivity index (χ4v) is 1.70. The number of rotatable bonds is 3. The monoisotopic (exact) mass is 190 g/mol. The largest absolute Gasteiger partial charge is 0.389 e. The molecule has 0 aromatic carbocycles. The van der Waals surface area contributed by atoms with Crippen molar-refractivity contribution in [3.8, 4) is 0 Å². The third kappa shape index (κ3) is 2.90. The van der Waals surface area contributed by atoms with Gasteiger partial charge in [0, 0.05) is 31.7 Å². The molecule has 0 amide bonds. The van der Waals surface area contributed by atoms with Gasteiger partial charge >= 0.3 is 0 Å². The lowest BCUT2D eigenvalue weighted by Gasteiger charge is -2.39. The summed E-state index contributed by atoms with van der Waals surface area (Å²) in [5, 5.41) is 12.5. The summed E-state index contributed by atoms with van der Waals surface area (Å²) in [6.07, 6.45) is -0.826. The highest BCUT2D eigenvalue weighted by molar-refractivity contribution is 4.84. The van der Waals surface area contributed by atoms with Gasteiger partial charge in [0.1, 0.15) is 6.67 Å². The highest BCUT2D eigenvalue weighted by Crippen LogP contribution is 2.09. The van der Waals surface area contributed by atoms with Crippen LogP contribution >= 0.6 is 0 Å². The number of hydrogen-bond donors (Lipinski definition) is 2. The lowest BCUT2D eigenvalue weighted by molar-refractivity contribution is 0.0516. The average molecular weight is 190 g/mol. The van der Waals surface area contributed by atoms with Gasteiger partial charge in [-0.05, 0) is 13.8 Å². The average Bonchev–Trinajstić information content (AvgIpc) is 2.13. The molecule has 4 heteroatoms. The van der Waals surface area contributed by atoms with Crippen molar-refractivity contribution in [3.05, 3.63) is 0 Å². The summed E-state index contributed by atoms with van der Waals surface area (Å²) in [7, 11) is 0. The van der Waals surface area contributed by atoms with Crippen LogP contribution in [0, 0.1) is 0 Å². The SMILES string of the molecule is CC1NCCN(CC(O)CF)C1C. The minimum atomic E-state index is -0.826. The molecular weight excluding hydrogens is 171 g/mol. The Labute approximate surface area is 78.9 Å². The molecule has 0 radical (unpaired) electrons. The molecule has 3 atom stereocenters. The minimum Gasteiger partial charge on any atom is -0.389 e. The number of aliphatic hydroxyl groups excluding tert-OH is 1. The van der Waals surface area contributed by atoms with E-state index in [2.05, 4.69) is 24.1 Å². The molecule has 1 aliphatic heterocycles. The number of nitrogens with zero attached hydrogens (tertiary/aromatic N) is 1. The number of piperazine rings is 1. The van der Waals surface area contributed by atoms with Crippen LogP contribution in [0.15, 0.2) is 0 Å². The van der Waals surface area contributed by atoms with Crippen molar-refractivity contribution in [1.29, 1.82) is 0 Å². The first kappa shape index (κ1) is 10.9. The maximum absolute atomic E-state index is 12.1. The van der Waals surface area contributed by atoms with E-state index in [9.17, 15) is 9.50 Å². The highest BCUT2D eigenvalue weighted by Gasteiger charge is 2.25. The number of nitrogens with one attached hydrogen (secondary N) is 1. The van der Waals surface area contributed by atoms with Crippen LogP contribution in [0.4, 0.5) is 4.39 Å². The molecule has 0 saturated carbocycles. The molecule has 0 aromatic heterocycles. The van der Waals surface area contributed by atoms with Crippen molar-refractivity contribution in [2.75, 3.05) is 26.3 Å². The van der Waals surface area contributed by atoms with Gasteiger partial charge in [0.25, 0.3) is 0 Å². The Morgan fingerprint density at radius 3 is 2.92 bits per heavy atom.